The van der Waals surface area contributed by atoms with Crippen molar-refractivity contribution in [2.75, 3.05) is 13.1 Å². The average molecular weight is 240 g/mol. The molecule has 1 amide bonds. The fourth-order valence-corrected chi connectivity index (χ4v) is 2.78. The summed E-state index contributed by atoms with van der Waals surface area (Å²) in [5, 5.41) is 3.08. The molecule has 1 fully saturated rings. The highest BCUT2D eigenvalue weighted by atomic mass is 16.1. The molecule has 0 heterocycles. The first-order chi connectivity index (χ1) is 8.02. The van der Waals surface area contributed by atoms with E-state index < -0.39 is 0 Å². The number of carbonyl (C=O) groups excluding carboxylic acids is 1. The Bertz CT molecular complexity index is 240. The van der Waals surface area contributed by atoms with Crippen molar-refractivity contribution in [3.05, 3.63) is 0 Å². The molecule has 1 aliphatic carbocycles. The molecule has 0 bridgehead atoms. The van der Waals surface area contributed by atoms with E-state index in [1.165, 1.54) is 19.3 Å². The number of nitrogens with one attached hydrogen (secondary N) is 1. The third-order valence-electron chi connectivity index (χ3n) is 3.78. The standard InChI is InChI=1S/C14H28N2O/c1-10(2)6-13(8-15)14(17)16-9-12-5-4-11(3)7-12/h10-13H,4-9,15H2,1-3H3,(H,16,17). The van der Waals surface area contributed by atoms with Gasteiger partial charge in [0.2, 0.25) is 5.91 Å². The van der Waals surface area contributed by atoms with Crippen LogP contribution in [0, 0.1) is 23.7 Å². The maximum Gasteiger partial charge on any atom is 0.224 e. The van der Waals surface area contributed by atoms with Gasteiger partial charge in [0.05, 0.1) is 5.92 Å². The molecule has 0 aromatic carbocycles. The minimum Gasteiger partial charge on any atom is -0.356 e. The second kappa shape index (κ2) is 7.00. The first kappa shape index (κ1) is 14.5. The van der Waals surface area contributed by atoms with Crippen LogP contribution in [0.3, 0.4) is 0 Å². The fourth-order valence-electron chi connectivity index (χ4n) is 2.78. The van der Waals surface area contributed by atoms with Crippen LogP contribution in [0.2, 0.25) is 0 Å². The van der Waals surface area contributed by atoms with Crippen LogP contribution in [0.25, 0.3) is 0 Å². The van der Waals surface area contributed by atoms with Crippen LogP contribution in [-0.4, -0.2) is 19.0 Å². The van der Waals surface area contributed by atoms with Gasteiger partial charge in [-0.3, -0.25) is 4.79 Å². The summed E-state index contributed by atoms with van der Waals surface area (Å²) in [6.45, 7) is 7.87. The molecule has 1 rings (SSSR count). The lowest BCUT2D eigenvalue weighted by Crippen LogP contribution is -2.38. The Balaban J connectivity index is 2.27. The van der Waals surface area contributed by atoms with Gasteiger partial charge in [-0.2, -0.15) is 0 Å². The van der Waals surface area contributed by atoms with Gasteiger partial charge in [0.1, 0.15) is 0 Å². The highest BCUT2D eigenvalue weighted by Gasteiger charge is 2.23. The molecule has 3 atom stereocenters. The van der Waals surface area contributed by atoms with Gasteiger partial charge in [0.15, 0.2) is 0 Å². The van der Waals surface area contributed by atoms with Gasteiger partial charge in [-0.1, -0.05) is 27.2 Å². The molecule has 3 heteroatoms. The number of amides is 1. The van der Waals surface area contributed by atoms with Gasteiger partial charge in [0.25, 0.3) is 0 Å². The molecule has 1 aliphatic rings. The Labute approximate surface area is 106 Å². The molecule has 0 aliphatic heterocycles. The van der Waals surface area contributed by atoms with Gasteiger partial charge in [-0.05, 0) is 37.0 Å². The molecule has 0 aromatic heterocycles. The molecule has 0 aromatic rings. The molecule has 0 spiro atoms. The quantitative estimate of drug-likeness (QED) is 0.747. The second-order valence-corrected chi connectivity index (χ2v) is 6.09. The van der Waals surface area contributed by atoms with E-state index in [0.717, 1.165) is 18.9 Å². The van der Waals surface area contributed by atoms with Crippen LogP contribution in [0.5, 0.6) is 0 Å². The number of rotatable bonds is 6. The molecule has 3 nitrogen and oxygen atoms in total. The molecular weight excluding hydrogens is 212 g/mol. The zero-order chi connectivity index (χ0) is 12.8. The fraction of sp³-hybridized carbons (Fsp3) is 0.929. The average Bonchev–Trinajstić information content (AvgIpc) is 2.68. The van der Waals surface area contributed by atoms with Crippen LogP contribution < -0.4 is 11.1 Å². The summed E-state index contributed by atoms with van der Waals surface area (Å²) < 4.78 is 0. The summed E-state index contributed by atoms with van der Waals surface area (Å²) in [7, 11) is 0. The molecule has 100 valence electrons. The molecular formula is C14H28N2O. The van der Waals surface area contributed by atoms with E-state index in [1.807, 2.05) is 0 Å². The molecule has 0 radical (unpaired) electrons. The topological polar surface area (TPSA) is 55.1 Å². The Morgan fingerprint density at radius 2 is 2.12 bits per heavy atom. The van der Waals surface area contributed by atoms with Crippen LogP contribution in [0.15, 0.2) is 0 Å². The lowest BCUT2D eigenvalue weighted by Gasteiger charge is -2.18. The van der Waals surface area contributed by atoms with Crippen molar-refractivity contribution in [1.82, 2.24) is 5.32 Å². The Hall–Kier alpha value is -0.570. The maximum atomic E-state index is 12.0. The summed E-state index contributed by atoms with van der Waals surface area (Å²) in [6.07, 6.45) is 4.73. The number of nitrogens with two attached hydrogens (primary N) is 1. The zero-order valence-corrected chi connectivity index (χ0v) is 11.5. The Morgan fingerprint density at radius 3 is 2.59 bits per heavy atom. The van der Waals surface area contributed by atoms with Crippen molar-refractivity contribution in [2.45, 2.75) is 46.5 Å². The van der Waals surface area contributed by atoms with Crippen LogP contribution in [0.1, 0.15) is 46.5 Å². The zero-order valence-electron chi connectivity index (χ0n) is 11.5. The Morgan fingerprint density at radius 1 is 1.41 bits per heavy atom. The lowest BCUT2D eigenvalue weighted by molar-refractivity contribution is -0.125. The summed E-state index contributed by atoms with van der Waals surface area (Å²) in [5.74, 6) is 2.19. The highest BCUT2D eigenvalue weighted by Crippen LogP contribution is 2.29. The maximum absolute atomic E-state index is 12.0. The smallest absolute Gasteiger partial charge is 0.224 e. The van der Waals surface area contributed by atoms with Crippen molar-refractivity contribution in [1.29, 1.82) is 0 Å². The molecule has 0 saturated heterocycles. The second-order valence-electron chi connectivity index (χ2n) is 6.09. The van der Waals surface area contributed by atoms with E-state index >= 15 is 0 Å². The number of hydrogen-bond donors (Lipinski definition) is 2. The van der Waals surface area contributed by atoms with Crippen LogP contribution in [-0.2, 0) is 4.79 Å². The summed E-state index contributed by atoms with van der Waals surface area (Å²) in [4.78, 5) is 12.0. The first-order valence-electron chi connectivity index (χ1n) is 7.00. The van der Waals surface area contributed by atoms with Crippen molar-refractivity contribution in [3.8, 4) is 0 Å². The van der Waals surface area contributed by atoms with E-state index in [1.54, 1.807) is 0 Å². The highest BCUT2D eigenvalue weighted by molar-refractivity contribution is 5.78. The van der Waals surface area contributed by atoms with Gasteiger partial charge in [0, 0.05) is 13.1 Å². The minimum atomic E-state index is -0.00572. The summed E-state index contributed by atoms with van der Waals surface area (Å²) in [6, 6.07) is 0. The van der Waals surface area contributed by atoms with Crippen molar-refractivity contribution in [3.63, 3.8) is 0 Å². The van der Waals surface area contributed by atoms with E-state index in [-0.39, 0.29) is 11.8 Å². The third kappa shape index (κ3) is 5.07. The van der Waals surface area contributed by atoms with Gasteiger partial charge in [-0.15, -0.1) is 0 Å². The predicted molar refractivity (Wildman–Crippen MR) is 71.5 cm³/mol. The monoisotopic (exact) mass is 240 g/mol. The van der Waals surface area contributed by atoms with Gasteiger partial charge >= 0.3 is 0 Å². The van der Waals surface area contributed by atoms with Crippen LogP contribution in [0.4, 0.5) is 0 Å². The van der Waals surface area contributed by atoms with Gasteiger partial charge < -0.3 is 11.1 Å². The van der Waals surface area contributed by atoms with Crippen molar-refractivity contribution < 1.29 is 4.79 Å². The summed E-state index contributed by atoms with van der Waals surface area (Å²) >= 11 is 0. The largest absolute Gasteiger partial charge is 0.356 e. The van der Waals surface area contributed by atoms with Crippen LogP contribution >= 0.6 is 0 Å². The molecule has 17 heavy (non-hydrogen) atoms. The van der Waals surface area contributed by atoms with Gasteiger partial charge in [-0.25, -0.2) is 0 Å². The van der Waals surface area contributed by atoms with E-state index in [0.29, 0.717) is 18.4 Å². The normalized spacial score (nSPS) is 26.2. The summed E-state index contributed by atoms with van der Waals surface area (Å²) in [5.41, 5.74) is 5.67. The molecule has 1 saturated carbocycles. The van der Waals surface area contributed by atoms with E-state index in [2.05, 4.69) is 26.1 Å². The molecule has 3 unspecified atom stereocenters. The minimum absolute atomic E-state index is 0.00572. The SMILES string of the molecule is CC(C)CC(CN)C(=O)NCC1CCC(C)C1. The number of carbonyl (C=O) groups is 1. The first-order valence-corrected chi connectivity index (χ1v) is 7.00. The third-order valence-corrected chi connectivity index (χ3v) is 3.78. The molecule has 3 N–H and O–H groups in total. The van der Waals surface area contributed by atoms with E-state index in [4.69, 9.17) is 5.73 Å². The van der Waals surface area contributed by atoms with E-state index in [9.17, 15) is 4.79 Å². The lowest BCUT2D eigenvalue weighted by atomic mass is 9.96. The van der Waals surface area contributed by atoms with Crippen molar-refractivity contribution >= 4 is 5.91 Å². The number of hydrogen-bond acceptors (Lipinski definition) is 2. The predicted octanol–water partition coefficient (Wildman–Crippen LogP) is 2.16. The Kier molecular flexibility index (Phi) is 5.96. The van der Waals surface area contributed by atoms with Crippen molar-refractivity contribution in [2.24, 2.45) is 29.4 Å².